The van der Waals surface area contributed by atoms with Gasteiger partial charge in [0, 0.05) is 32.6 Å². The predicted octanol–water partition coefficient (Wildman–Crippen LogP) is 1.98. The summed E-state index contributed by atoms with van der Waals surface area (Å²) in [5.41, 5.74) is 4.92. The molecule has 1 aliphatic heterocycles. The molecule has 1 N–H and O–H groups in total. The highest BCUT2D eigenvalue weighted by Crippen LogP contribution is 2.28. The summed E-state index contributed by atoms with van der Waals surface area (Å²) >= 11 is 0. The third-order valence-corrected chi connectivity index (χ3v) is 4.49. The molecule has 0 aliphatic carbocycles. The molecular formula is C17H26N2O2. The van der Waals surface area contributed by atoms with Crippen molar-refractivity contribution >= 4 is 5.91 Å². The van der Waals surface area contributed by atoms with Crippen LogP contribution in [0.2, 0.25) is 0 Å². The lowest BCUT2D eigenvalue weighted by Crippen LogP contribution is -2.46. The fraction of sp³-hybridized carbons (Fsp3) is 0.588. The van der Waals surface area contributed by atoms with E-state index in [4.69, 9.17) is 4.74 Å². The van der Waals surface area contributed by atoms with Gasteiger partial charge in [0.2, 0.25) is 5.91 Å². The molecule has 1 aliphatic rings. The number of hydrogen-bond donors (Lipinski definition) is 1. The second-order valence-electron chi connectivity index (χ2n) is 5.76. The van der Waals surface area contributed by atoms with E-state index in [-0.39, 0.29) is 5.91 Å². The summed E-state index contributed by atoms with van der Waals surface area (Å²) in [6, 6.07) is 2.08. The van der Waals surface area contributed by atoms with Crippen LogP contribution in [0.25, 0.3) is 0 Å². The van der Waals surface area contributed by atoms with Gasteiger partial charge < -0.3 is 15.0 Å². The zero-order valence-electron chi connectivity index (χ0n) is 13.6. The quantitative estimate of drug-likeness (QED) is 0.922. The molecule has 0 radical (unpaired) electrons. The van der Waals surface area contributed by atoms with Crippen molar-refractivity contribution in [2.75, 3.05) is 33.3 Å². The fourth-order valence-electron chi connectivity index (χ4n) is 3.00. The van der Waals surface area contributed by atoms with Gasteiger partial charge in [-0.1, -0.05) is 0 Å². The summed E-state index contributed by atoms with van der Waals surface area (Å²) in [6.07, 6.45) is 1.40. The van der Waals surface area contributed by atoms with Crippen LogP contribution < -0.4 is 10.1 Å². The first-order valence-corrected chi connectivity index (χ1v) is 7.66. The normalized spacial score (nSPS) is 15.1. The maximum atomic E-state index is 12.3. The predicted molar refractivity (Wildman–Crippen MR) is 85.0 cm³/mol. The van der Waals surface area contributed by atoms with E-state index < -0.39 is 0 Å². The molecule has 1 aromatic carbocycles. The maximum Gasteiger partial charge on any atom is 0.222 e. The topological polar surface area (TPSA) is 41.6 Å². The Kier molecular flexibility index (Phi) is 5.23. The van der Waals surface area contributed by atoms with Crippen molar-refractivity contribution in [3.63, 3.8) is 0 Å². The Hall–Kier alpha value is -1.55. The number of carbonyl (C=O) groups excluding carboxylic acids is 1. The van der Waals surface area contributed by atoms with Gasteiger partial charge in [-0.15, -0.1) is 0 Å². The largest absolute Gasteiger partial charge is 0.496 e. The van der Waals surface area contributed by atoms with E-state index in [9.17, 15) is 4.79 Å². The summed E-state index contributed by atoms with van der Waals surface area (Å²) in [7, 11) is 1.70. The minimum Gasteiger partial charge on any atom is -0.496 e. The molecule has 0 bridgehead atoms. The highest BCUT2D eigenvalue weighted by atomic mass is 16.5. The summed E-state index contributed by atoms with van der Waals surface area (Å²) in [4.78, 5) is 14.2. The van der Waals surface area contributed by atoms with Crippen molar-refractivity contribution in [3.8, 4) is 5.75 Å². The molecule has 4 heteroatoms. The number of nitrogens with zero attached hydrogens (tertiary/aromatic N) is 1. The van der Waals surface area contributed by atoms with Gasteiger partial charge in [0.25, 0.3) is 0 Å². The number of amides is 1. The summed E-state index contributed by atoms with van der Waals surface area (Å²) in [5.74, 6) is 1.20. The summed E-state index contributed by atoms with van der Waals surface area (Å²) < 4.78 is 5.40. The lowest BCUT2D eigenvalue weighted by atomic mass is 9.94. The lowest BCUT2D eigenvalue weighted by molar-refractivity contribution is -0.131. The number of piperazine rings is 1. The van der Waals surface area contributed by atoms with Gasteiger partial charge in [-0.05, 0) is 55.5 Å². The second kappa shape index (κ2) is 6.94. The number of nitrogens with one attached hydrogen (secondary N) is 1. The molecule has 116 valence electrons. The van der Waals surface area contributed by atoms with Crippen LogP contribution >= 0.6 is 0 Å². The van der Waals surface area contributed by atoms with E-state index in [1.54, 1.807) is 7.11 Å². The molecule has 1 fully saturated rings. The smallest absolute Gasteiger partial charge is 0.222 e. The third-order valence-electron chi connectivity index (χ3n) is 4.49. The first kappa shape index (κ1) is 15.8. The molecular weight excluding hydrogens is 264 g/mol. The van der Waals surface area contributed by atoms with Crippen LogP contribution in [0.5, 0.6) is 5.75 Å². The average Bonchev–Trinajstić information content (AvgIpc) is 2.51. The van der Waals surface area contributed by atoms with Crippen LogP contribution in [0.4, 0.5) is 0 Å². The number of ether oxygens (including phenoxy) is 1. The van der Waals surface area contributed by atoms with E-state index in [1.807, 2.05) is 4.90 Å². The molecule has 0 aromatic heterocycles. The van der Waals surface area contributed by atoms with Crippen molar-refractivity contribution in [3.05, 3.63) is 28.3 Å². The van der Waals surface area contributed by atoms with Crippen molar-refractivity contribution in [1.29, 1.82) is 0 Å². The molecule has 1 aromatic rings. The average molecular weight is 290 g/mol. The molecule has 1 saturated heterocycles. The first-order chi connectivity index (χ1) is 10.0. The molecule has 1 amide bonds. The Bertz CT molecular complexity index is 520. The van der Waals surface area contributed by atoms with E-state index >= 15 is 0 Å². The van der Waals surface area contributed by atoms with Gasteiger partial charge in [0.15, 0.2) is 0 Å². The summed E-state index contributed by atoms with van der Waals surface area (Å²) in [5, 5.41) is 3.27. The molecule has 0 atom stereocenters. The van der Waals surface area contributed by atoms with Crippen molar-refractivity contribution in [2.24, 2.45) is 0 Å². The first-order valence-electron chi connectivity index (χ1n) is 7.66. The van der Waals surface area contributed by atoms with Gasteiger partial charge in [-0.3, -0.25) is 4.79 Å². The highest BCUT2D eigenvalue weighted by molar-refractivity contribution is 5.76. The standard InChI is InChI=1S/C17H26N2O2/c1-12-11-16(21-4)14(3)13(2)15(12)5-6-17(20)19-9-7-18-8-10-19/h11,18H,5-10H2,1-4H3. The van der Waals surface area contributed by atoms with Crippen molar-refractivity contribution in [2.45, 2.75) is 33.6 Å². The minimum absolute atomic E-state index is 0.267. The number of carbonyl (C=O) groups is 1. The molecule has 4 nitrogen and oxygen atoms in total. The fourth-order valence-corrected chi connectivity index (χ4v) is 3.00. The molecule has 1 heterocycles. The van der Waals surface area contributed by atoms with E-state index in [0.29, 0.717) is 6.42 Å². The van der Waals surface area contributed by atoms with E-state index in [0.717, 1.165) is 38.3 Å². The van der Waals surface area contributed by atoms with Crippen LogP contribution in [0, 0.1) is 20.8 Å². The minimum atomic E-state index is 0.267. The molecule has 0 saturated carbocycles. The number of methoxy groups -OCH3 is 1. The maximum absolute atomic E-state index is 12.3. The zero-order valence-corrected chi connectivity index (χ0v) is 13.6. The van der Waals surface area contributed by atoms with Gasteiger partial charge in [-0.2, -0.15) is 0 Å². The Morgan fingerprint density at radius 3 is 2.52 bits per heavy atom. The summed E-state index contributed by atoms with van der Waals surface area (Å²) in [6.45, 7) is 9.78. The third kappa shape index (κ3) is 3.56. The Balaban J connectivity index is 2.06. The van der Waals surface area contributed by atoms with Gasteiger partial charge in [0.1, 0.15) is 5.75 Å². The zero-order chi connectivity index (χ0) is 15.4. The second-order valence-corrected chi connectivity index (χ2v) is 5.76. The lowest BCUT2D eigenvalue weighted by Gasteiger charge is -2.27. The number of aryl methyl sites for hydroxylation is 1. The van der Waals surface area contributed by atoms with Crippen molar-refractivity contribution in [1.82, 2.24) is 10.2 Å². The Morgan fingerprint density at radius 1 is 1.24 bits per heavy atom. The molecule has 0 unspecified atom stereocenters. The van der Waals surface area contributed by atoms with E-state index in [1.165, 1.54) is 22.3 Å². The Labute approximate surface area is 127 Å². The van der Waals surface area contributed by atoms with Gasteiger partial charge >= 0.3 is 0 Å². The monoisotopic (exact) mass is 290 g/mol. The number of rotatable bonds is 4. The van der Waals surface area contributed by atoms with Crippen LogP contribution in [0.15, 0.2) is 6.07 Å². The van der Waals surface area contributed by atoms with Crippen LogP contribution in [-0.2, 0) is 11.2 Å². The van der Waals surface area contributed by atoms with E-state index in [2.05, 4.69) is 32.2 Å². The van der Waals surface area contributed by atoms with Crippen LogP contribution in [-0.4, -0.2) is 44.1 Å². The molecule has 21 heavy (non-hydrogen) atoms. The van der Waals surface area contributed by atoms with Crippen molar-refractivity contribution < 1.29 is 9.53 Å². The Morgan fingerprint density at radius 2 is 1.90 bits per heavy atom. The molecule has 0 spiro atoms. The molecule has 2 rings (SSSR count). The van der Waals surface area contributed by atoms with Gasteiger partial charge in [0.05, 0.1) is 7.11 Å². The SMILES string of the molecule is COc1cc(C)c(CCC(=O)N2CCNCC2)c(C)c1C. The number of hydrogen-bond acceptors (Lipinski definition) is 3. The van der Waals surface area contributed by atoms with Crippen LogP contribution in [0.1, 0.15) is 28.7 Å². The van der Waals surface area contributed by atoms with Gasteiger partial charge in [-0.25, -0.2) is 0 Å². The highest BCUT2D eigenvalue weighted by Gasteiger charge is 2.17. The number of benzene rings is 1. The van der Waals surface area contributed by atoms with Crippen LogP contribution in [0.3, 0.4) is 0 Å².